The molecule has 0 aliphatic rings. The monoisotopic (exact) mass is 200 g/mol. The van der Waals surface area contributed by atoms with Crippen LogP contribution >= 0.6 is 0 Å². The Morgan fingerprint density at radius 3 is 1.43 bits per heavy atom. The molecule has 0 fully saturated rings. The molecule has 4 heteroatoms. The maximum Gasteiger partial charge on any atom is 0.118 e. The summed E-state index contributed by atoms with van der Waals surface area (Å²) in [5.74, 6) is 0. The largest absolute Gasteiger partial charge is 0.150 e. The van der Waals surface area contributed by atoms with Gasteiger partial charge in [-0.2, -0.15) is 9.81 Å². The minimum atomic E-state index is -0.404. The van der Waals surface area contributed by atoms with E-state index in [0.717, 1.165) is 25.7 Å². The van der Waals surface area contributed by atoms with Crippen molar-refractivity contribution in [3.63, 3.8) is 0 Å². The van der Waals surface area contributed by atoms with Crippen molar-refractivity contribution in [1.82, 2.24) is 0 Å². The van der Waals surface area contributed by atoms with Gasteiger partial charge in [-0.25, -0.2) is 0 Å². The van der Waals surface area contributed by atoms with E-state index in [4.69, 9.17) is 0 Å². The van der Waals surface area contributed by atoms with E-state index >= 15 is 0 Å². The highest BCUT2D eigenvalue weighted by Crippen LogP contribution is 2.16. The first kappa shape index (κ1) is 13.2. The fourth-order valence-corrected chi connectivity index (χ4v) is 1.46. The third kappa shape index (κ3) is 5.04. The molecule has 0 aliphatic heterocycles. The Morgan fingerprint density at radius 2 is 1.21 bits per heavy atom. The molecular weight excluding hydrogens is 180 g/mol. The molecule has 0 amide bonds. The van der Waals surface area contributed by atoms with Gasteiger partial charge in [-0.1, -0.05) is 49.9 Å². The number of hydrogen-bond donors (Lipinski definition) is 0. The molecule has 0 aromatic rings. The normalized spacial score (nSPS) is 14.7. The molecule has 0 radical (unpaired) electrons. The molecule has 0 aromatic heterocycles. The van der Waals surface area contributed by atoms with E-state index in [1.165, 1.54) is 0 Å². The van der Waals surface area contributed by atoms with Crippen molar-refractivity contribution in [2.45, 2.75) is 64.5 Å². The van der Waals surface area contributed by atoms with Gasteiger partial charge in [-0.05, 0) is 12.8 Å². The number of hydrogen-bond acceptors (Lipinski definition) is 4. The average Bonchev–Trinajstić information content (AvgIpc) is 2.23. The van der Waals surface area contributed by atoms with E-state index in [2.05, 4.69) is 24.2 Å². The minimum absolute atomic E-state index is 0.404. The summed E-state index contributed by atoms with van der Waals surface area (Å²) < 4.78 is 0. The molecule has 0 rings (SSSR count). The minimum Gasteiger partial charge on any atom is -0.150 e. The molecule has 0 spiro atoms. The lowest BCUT2D eigenvalue weighted by Crippen LogP contribution is -2.21. The summed E-state index contributed by atoms with van der Waals surface area (Å²) in [5, 5.41) is 6.01. The smallest absolute Gasteiger partial charge is 0.118 e. The lowest BCUT2D eigenvalue weighted by molar-refractivity contribution is 0.444. The topological polar surface area (TPSA) is 58.9 Å². The first-order chi connectivity index (χ1) is 6.79. The zero-order valence-corrected chi connectivity index (χ0v) is 9.11. The van der Waals surface area contributed by atoms with E-state index in [0.29, 0.717) is 12.8 Å². The summed E-state index contributed by atoms with van der Waals surface area (Å²) in [5.41, 5.74) is 0. The van der Waals surface area contributed by atoms with Gasteiger partial charge in [0.25, 0.3) is 0 Å². The van der Waals surface area contributed by atoms with Crippen LogP contribution < -0.4 is 0 Å². The standard InChI is InChI=1S/C10H20N2O2/c1-3-5-7-9(11-13)10(12-14)8-6-4-2/h9-10H,3-8H2,1-2H3. The Labute approximate surface area is 85.4 Å². The van der Waals surface area contributed by atoms with Crippen LogP contribution in [0, 0.1) is 9.81 Å². The van der Waals surface area contributed by atoms with E-state index in [-0.39, 0.29) is 0 Å². The summed E-state index contributed by atoms with van der Waals surface area (Å²) in [6.45, 7) is 4.11. The second-order valence-corrected chi connectivity index (χ2v) is 3.63. The molecule has 2 atom stereocenters. The molecule has 4 nitrogen and oxygen atoms in total. The Morgan fingerprint density at radius 1 is 0.857 bits per heavy atom. The molecule has 0 saturated heterocycles. The Kier molecular flexibility index (Phi) is 8.28. The van der Waals surface area contributed by atoms with Gasteiger partial charge in [0, 0.05) is 0 Å². The van der Waals surface area contributed by atoms with Gasteiger partial charge in [0.1, 0.15) is 12.1 Å². The van der Waals surface area contributed by atoms with E-state index in [1.54, 1.807) is 0 Å². The van der Waals surface area contributed by atoms with Crippen LogP contribution in [0.5, 0.6) is 0 Å². The second kappa shape index (κ2) is 8.78. The molecule has 82 valence electrons. The number of nitroso groups, excluding NO2 is 2. The predicted molar refractivity (Wildman–Crippen MR) is 58.2 cm³/mol. The van der Waals surface area contributed by atoms with Crippen LogP contribution in [0.3, 0.4) is 0 Å². The Bertz CT molecular complexity index is 144. The highest BCUT2D eigenvalue weighted by Gasteiger charge is 2.21. The van der Waals surface area contributed by atoms with Crippen molar-refractivity contribution in [1.29, 1.82) is 0 Å². The molecule has 0 heterocycles. The van der Waals surface area contributed by atoms with Gasteiger partial charge in [0.15, 0.2) is 0 Å². The van der Waals surface area contributed by atoms with Crippen molar-refractivity contribution in [2.24, 2.45) is 10.4 Å². The summed E-state index contributed by atoms with van der Waals surface area (Å²) in [7, 11) is 0. The van der Waals surface area contributed by atoms with Gasteiger partial charge >= 0.3 is 0 Å². The number of nitrogens with zero attached hydrogens (tertiary/aromatic N) is 2. The fourth-order valence-electron chi connectivity index (χ4n) is 1.46. The van der Waals surface area contributed by atoms with Crippen LogP contribution in [0.4, 0.5) is 0 Å². The van der Waals surface area contributed by atoms with Crippen LogP contribution in [0.25, 0.3) is 0 Å². The lowest BCUT2D eigenvalue weighted by atomic mass is 9.99. The van der Waals surface area contributed by atoms with Crippen LogP contribution in [-0.2, 0) is 0 Å². The van der Waals surface area contributed by atoms with Gasteiger partial charge in [0.2, 0.25) is 0 Å². The third-order valence-electron chi connectivity index (χ3n) is 2.42. The molecule has 0 aromatic carbocycles. The fraction of sp³-hybridized carbons (Fsp3) is 1.00. The zero-order valence-electron chi connectivity index (χ0n) is 9.11. The van der Waals surface area contributed by atoms with Crippen molar-refractivity contribution in [2.75, 3.05) is 0 Å². The van der Waals surface area contributed by atoms with E-state index < -0.39 is 12.1 Å². The third-order valence-corrected chi connectivity index (χ3v) is 2.42. The lowest BCUT2D eigenvalue weighted by Gasteiger charge is -2.13. The van der Waals surface area contributed by atoms with Crippen molar-refractivity contribution < 1.29 is 0 Å². The molecule has 14 heavy (non-hydrogen) atoms. The van der Waals surface area contributed by atoms with Crippen molar-refractivity contribution in [3.8, 4) is 0 Å². The maximum absolute atomic E-state index is 10.5. The summed E-state index contributed by atoms with van der Waals surface area (Å²) in [6, 6.07) is -0.807. The molecule has 2 unspecified atom stereocenters. The van der Waals surface area contributed by atoms with Gasteiger partial charge in [0.05, 0.1) is 0 Å². The van der Waals surface area contributed by atoms with Crippen LogP contribution in [0.2, 0.25) is 0 Å². The zero-order chi connectivity index (χ0) is 10.8. The first-order valence-electron chi connectivity index (χ1n) is 5.45. The summed E-state index contributed by atoms with van der Waals surface area (Å²) in [6.07, 6.45) is 5.31. The Balaban J connectivity index is 4.00. The second-order valence-electron chi connectivity index (χ2n) is 3.63. The SMILES string of the molecule is CCCCC(N=O)C(CCCC)N=O. The molecule has 0 aliphatic carbocycles. The molecular formula is C10H20N2O2. The molecule has 0 saturated carbocycles. The van der Waals surface area contributed by atoms with Crippen LogP contribution in [0.15, 0.2) is 10.4 Å². The molecule has 0 bridgehead atoms. The summed E-state index contributed by atoms with van der Waals surface area (Å²) in [4.78, 5) is 21.1. The van der Waals surface area contributed by atoms with Gasteiger partial charge < -0.3 is 0 Å². The van der Waals surface area contributed by atoms with E-state index in [1.807, 2.05) is 0 Å². The molecule has 0 N–H and O–H groups in total. The average molecular weight is 200 g/mol. The first-order valence-corrected chi connectivity index (χ1v) is 5.45. The highest BCUT2D eigenvalue weighted by molar-refractivity contribution is 4.81. The highest BCUT2D eigenvalue weighted by atomic mass is 16.3. The Hall–Kier alpha value is -0.800. The van der Waals surface area contributed by atoms with Crippen molar-refractivity contribution in [3.05, 3.63) is 9.81 Å². The maximum atomic E-state index is 10.5. The quantitative estimate of drug-likeness (QED) is 0.533. The van der Waals surface area contributed by atoms with Crippen LogP contribution in [0.1, 0.15) is 52.4 Å². The van der Waals surface area contributed by atoms with Gasteiger partial charge in [-0.15, -0.1) is 0 Å². The number of unbranched alkanes of at least 4 members (excludes halogenated alkanes) is 2. The number of rotatable bonds is 9. The predicted octanol–water partition coefficient (Wildman–Crippen LogP) is 3.64. The summed E-state index contributed by atoms with van der Waals surface area (Å²) >= 11 is 0. The van der Waals surface area contributed by atoms with Crippen LogP contribution in [-0.4, -0.2) is 12.1 Å². The van der Waals surface area contributed by atoms with Gasteiger partial charge in [-0.3, -0.25) is 0 Å². The van der Waals surface area contributed by atoms with E-state index in [9.17, 15) is 9.81 Å². The van der Waals surface area contributed by atoms with Crippen molar-refractivity contribution >= 4 is 0 Å².